The summed E-state index contributed by atoms with van der Waals surface area (Å²) in [5.41, 5.74) is 6.40. The van der Waals surface area contributed by atoms with Crippen LogP contribution in [-0.2, 0) is 4.74 Å². The van der Waals surface area contributed by atoms with E-state index in [0.717, 1.165) is 0 Å². The normalized spacial score (nSPS) is 19.9. The van der Waals surface area contributed by atoms with Crippen LogP contribution in [0.5, 0.6) is 0 Å². The van der Waals surface area contributed by atoms with Crippen molar-refractivity contribution in [2.24, 2.45) is 0 Å². The van der Waals surface area contributed by atoms with E-state index in [9.17, 15) is 4.79 Å². The molecule has 1 unspecified atom stereocenters. The second-order valence-corrected chi connectivity index (χ2v) is 5.09. The number of amides is 1. The van der Waals surface area contributed by atoms with Crippen LogP contribution in [0, 0.1) is 0 Å². The van der Waals surface area contributed by atoms with Gasteiger partial charge in [0.2, 0.25) is 0 Å². The van der Waals surface area contributed by atoms with Crippen molar-refractivity contribution in [1.29, 1.82) is 0 Å². The van der Waals surface area contributed by atoms with E-state index in [1.165, 1.54) is 0 Å². The molecule has 6 heteroatoms. The minimum absolute atomic E-state index is 0.0429. The summed E-state index contributed by atoms with van der Waals surface area (Å²) in [6, 6.07) is 3.14. The van der Waals surface area contributed by atoms with Crippen molar-refractivity contribution in [3.8, 4) is 0 Å². The zero-order chi connectivity index (χ0) is 13.3. The Morgan fingerprint density at radius 3 is 2.61 bits per heavy atom. The third-order valence-electron chi connectivity index (χ3n) is 2.95. The quantitative estimate of drug-likeness (QED) is 0.808. The molecule has 0 saturated carbocycles. The lowest BCUT2D eigenvalue weighted by Crippen LogP contribution is -2.47. The minimum atomic E-state index is -0.102. The van der Waals surface area contributed by atoms with Gasteiger partial charge in [0.25, 0.3) is 5.91 Å². The van der Waals surface area contributed by atoms with Gasteiger partial charge in [0.05, 0.1) is 35.0 Å². The Bertz CT molecular complexity index is 456. The van der Waals surface area contributed by atoms with Crippen LogP contribution in [0.2, 0.25) is 10.0 Å². The number of benzene rings is 1. The Morgan fingerprint density at radius 2 is 2.06 bits per heavy atom. The van der Waals surface area contributed by atoms with E-state index in [0.29, 0.717) is 41.1 Å². The van der Waals surface area contributed by atoms with Gasteiger partial charge in [-0.2, -0.15) is 0 Å². The number of hydrogen-bond donors (Lipinski definition) is 1. The smallest absolute Gasteiger partial charge is 0.254 e. The zero-order valence-corrected chi connectivity index (χ0v) is 11.5. The molecule has 1 aliphatic rings. The third-order valence-corrected chi connectivity index (χ3v) is 3.58. The second kappa shape index (κ2) is 5.34. The number of morpholine rings is 1. The van der Waals surface area contributed by atoms with Crippen LogP contribution in [0.4, 0.5) is 5.69 Å². The van der Waals surface area contributed by atoms with Gasteiger partial charge < -0.3 is 15.4 Å². The van der Waals surface area contributed by atoms with E-state index in [1.807, 2.05) is 6.92 Å². The molecule has 18 heavy (non-hydrogen) atoms. The maximum absolute atomic E-state index is 12.3. The molecule has 0 radical (unpaired) electrons. The lowest BCUT2D eigenvalue weighted by Gasteiger charge is -2.33. The monoisotopic (exact) mass is 288 g/mol. The average Bonchev–Trinajstić information content (AvgIpc) is 2.35. The van der Waals surface area contributed by atoms with Gasteiger partial charge in [-0.1, -0.05) is 23.2 Å². The van der Waals surface area contributed by atoms with Gasteiger partial charge in [-0.05, 0) is 19.1 Å². The summed E-state index contributed by atoms with van der Waals surface area (Å²) < 4.78 is 5.30. The number of halogens is 2. The molecule has 1 atom stereocenters. The van der Waals surface area contributed by atoms with Gasteiger partial charge in [-0.15, -0.1) is 0 Å². The summed E-state index contributed by atoms with van der Waals surface area (Å²) in [5, 5.41) is 0.596. The van der Waals surface area contributed by atoms with Gasteiger partial charge in [-0.25, -0.2) is 0 Å². The van der Waals surface area contributed by atoms with Crippen LogP contribution >= 0.6 is 23.2 Å². The van der Waals surface area contributed by atoms with E-state index >= 15 is 0 Å². The summed E-state index contributed by atoms with van der Waals surface area (Å²) in [7, 11) is 0. The Labute approximate surface area is 116 Å². The Morgan fingerprint density at radius 1 is 1.44 bits per heavy atom. The molecule has 0 bridgehead atoms. The zero-order valence-electron chi connectivity index (χ0n) is 9.95. The van der Waals surface area contributed by atoms with Gasteiger partial charge in [0.1, 0.15) is 0 Å². The van der Waals surface area contributed by atoms with Gasteiger partial charge in [-0.3, -0.25) is 4.79 Å². The fourth-order valence-electron chi connectivity index (χ4n) is 1.90. The number of nitrogens with two attached hydrogens (primary N) is 1. The van der Waals surface area contributed by atoms with Crippen molar-refractivity contribution in [2.75, 3.05) is 25.5 Å². The van der Waals surface area contributed by atoms with Gasteiger partial charge >= 0.3 is 0 Å². The SMILES string of the molecule is CC1COCCN1C(=O)c1cc(Cl)c(N)c(Cl)c1. The van der Waals surface area contributed by atoms with E-state index in [4.69, 9.17) is 33.7 Å². The van der Waals surface area contributed by atoms with Crippen LogP contribution in [0.25, 0.3) is 0 Å². The number of nitrogen functional groups attached to an aromatic ring is 1. The van der Waals surface area contributed by atoms with Crippen molar-refractivity contribution in [2.45, 2.75) is 13.0 Å². The van der Waals surface area contributed by atoms with E-state index < -0.39 is 0 Å². The number of carbonyl (C=O) groups is 1. The molecule has 1 aromatic rings. The van der Waals surface area contributed by atoms with Crippen LogP contribution in [0.15, 0.2) is 12.1 Å². The fraction of sp³-hybridized carbons (Fsp3) is 0.417. The van der Waals surface area contributed by atoms with Crippen molar-refractivity contribution in [1.82, 2.24) is 4.90 Å². The topological polar surface area (TPSA) is 55.6 Å². The molecule has 1 heterocycles. The van der Waals surface area contributed by atoms with Crippen molar-refractivity contribution < 1.29 is 9.53 Å². The maximum atomic E-state index is 12.3. The molecule has 0 spiro atoms. The minimum Gasteiger partial charge on any atom is -0.396 e. The first-order chi connectivity index (χ1) is 8.50. The predicted octanol–water partition coefficient (Wildman–Crippen LogP) is 2.44. The molecule has 2 rings (SSSR count). The number of hydrogen-bond acceptors (Lipinski definition) is 3. The highest BCUT2D eigenvalue weighted by Crippen LogP contribution is 2.29. The molecule has 4 nitrogen and oxygen atoms in total. The number of carbonyl (C=O) groups excluding carboxylic acids is 1. The molecule has 1 aliphatic heterocycles. The first-order valence-electron chi connectivity index (χ1n) is 5.64. The molecule has 1 aromatic carbocycles. The van der Waals surface area contributed by atoms with Crippen LogP contribution < -0.4 is 5.73 Å². The standard InChI is InChI=1S/C12H14Cl2N2O2/c1-7-6-18-3-2-16(7)12(17)8-4-9(13)11(15)10(14)5-8/h4-5,7H,2-3,6,15H2,1H3. The molecule has 1 fully saturated rings. The lowest BCUT2D eigenvalue weighted by molar-refractivity contribution is 0.00360. The maximum Gasteiger partial charge on any atom is 0.254 e. The first kappa shape index (κ1) is 13.5. The molecule has 1 saturated heterocycles. The molecule has 98 valence electrons. The first-order valence-corrected chi connectivity index (χ1v) is 6.39. The fourth-order valence-corrected chi connectivity index (χ4v) is 2.39. The number of ether oxygens (including phenoxy) is 1. The van der Waals surface area contributed by atoms with Crippen LogP contribution in [0.1, 0.15) is 17.3 Å². The van der Waals surface area contributed by atoms with Crippen LogP contribution in [-0.4, -0.2) is 36.6 Å². The summed E-state index contributed by atoms with van der Waals surface area (Å²) in [4.78, 5) is 14.1. The summed E-state index contributed by atoms with van der Waals surface area (Å²) in [6.45, 7) is 3.60. The predicted molar refractivity (Wildman–Crippen MR) is 72.2 cm³/mol. The third kappa shape index (κ3) is 2.55. The highest BCUT2D eigenvalue weighted by atomic mass is 35.5. The highest BCUT2D eigenvalue weighted by molar-refractivity contribution is 6.39. The molecule has 0 aliphatic carbocycles. The number of nitrogens with zero attached hydrogens (tertiary/aromatic N) is 1. The van der Waals surface area contributed by atoms with Crippen molar-refractivity contribution in [3.63, 3.8) is 0 Å². The lowest BCUT2D eigenvalue weighted by atomic mass is 10.1. The second-order valence-electron chi connectivity index (χ2n) is 4.28. The summed E-state index contributed by atoms with van der Waals surface area (Å²) in [6.07, 6.45) is 0. The largest absolute Gasteiger partial charge is 0.396 e. The summed E-state index contributed by atoms with van der Waals surface area (Å²) >= 11 is 11.9. The van der Waals surface area contributed by atoms with E-state index in [2.05, 4.69) is 0 Å². The molecule has 1 amide bonds. The average molecular weight is 289 g/mol. The van der Waals surface area contributed by atoms with Crippen molar-refractivity contribution in [3.05, 3.63) is 27.7 Å². The van der Waals surface area contributed by atoms with E-state index in [1.54, 1.807) is 17.0 Å². The Balaban J connectivity index is 2.28. The van der Waals surface area contributed by atoms with E-state index in [-0.39, 0.29) is 11.9 Å². The van der Waals surface area contributed by atoms with Crippen molar-refractivity contribution >= 4 is 34.8 Å². The van der Waals surface area contributed by atoms with Crippen LogP contribution in [0.3, 0.4) is 0 Å². The molecular formula is C12H14Cl2N2O2. The summed E-state index contributed by atoms with van der Waals surface area (Å²) in [5.74, 6) is -0.102. The number of rotatable bonds is 1. The van der Waals surface area contributed by atoms with Gasteiger partial charge in [0, 0.05) is 12.1 Å². The molecular weight excluding hydrogens is 275 g/mol. The Hall–Kier alpha value is -0.970. The highest BCUT2D eigenvalue weighted by Gasteiger charge is 2.25. The van der Waals surface area contributed by atoms with Gasteiger partial charge in [0.15, 0.2) is 0 Å². The molecule has 2 N–H and O–H groups in total. The Kier molecular flexibility index (Phi) is 4.00. The molecule has 0 aromatic heterocycles. The number of anilines is 1.